The smallest absolute Gasteiger partial charge is 0.338 e. The molecule has 8 heteroatoms. The van der Waals surface area contributed by atoms with Crippen LogP contribution in [0, 0.1) is 13.8 Å². The maximum Gasteiger partial charge on any atom is 0.338 e. The van der Waals surface area contributed by atoms with E-state index in [1.165, 1.54) is 12.1 Å². The van der Waals surface area contributed by atoms with Crippen molar-refractivity contribution in [3.63, 3.8) is 0 Å². The summed E-state index contributed by atoms with van der Waals surface area (Å²) in [7, 11) is -3.95. The van der Waals surface area contributed by atoms with Crippen LogP contribution in [0.2, 0.25) is 0 Å². The highest BCUT2D eigenvalue weighted by Gasteiger charge is 2.17. The van der Waals surface area contributed by atoms with Crippen LogP contribution in [0.15, 0.2) is 41.3 Å². The first-order chi connectivity index (χ1) is 12.6. The third-order valence-electron chi connectivity index (χ3n) is 4.10. The zero-order valence-electron chi connectivity index (χ0n) is 15.4. The standard InChI is InChI=1S/C19H22N2O5S/c1-4-14-7-5-6-13(3)18(14)21-17(22)11-26-19(23)16-10-15(27(20,24)25)9-8-12(16)2/h5-10H,4,11H2,1-3H3,(H,21,22)(H2,20,24,25). The average Bonchev–Trinajstić information content (AvgIpc) is 2.60. The van der Waals surface area contributed by atoms with E-state index in [0.717, 1.165) is 23.6 Å². The fourth-order valence-corrected chi connectivity index (χ4v) is 3.12. The molecule has 0 aliphatic carbocycles. The summed E-state index contributed by atoms with van der Waals surface area (Å²) in [6.07, 6.45) is 0.747. The lowest BCUT2D eigenvalue weighted by Gasteiger charge is -2.13. The second-order valence-electron chi connectivity index (χ2n) is 6.11. The molecule has 0 fully saturated rings. The number of benzene rings is 2. The Bertz CT molecular complexity index is 984. The van der Waals surface area contributed by atoms with Gasteiger partial charge in [0.2, 0.25) is 10.0 Å². The van der Waals surface area contributed by atoms with E-state index in [2.05, 4.69) is 5.32 Å². The molecule has 144 valence electrons. The van der Waals surface area contributed by atoms with Crippen molar-refractivity contribution in [1.82, 2.24) is 0 Å². The molecule has 2 aromatic rings. The molecule has 2 rings (SSSR count). The number of ether oxygens (including phenoxy) is 1. The molecule has 0 saturated carbocycles. The summed E-state index contributed by atoms with van der Waals surface area (Å²) in [4.78, 5) is 24.2. The zero-order chi connectivity index (χ0) is 20.2. The number of rotatable bonds is 6. The number of sulfonamides is 1. The van der Waals surface area contributed by atoms with Crippen LogP contribution in [0.5, 0.6) is 0 Å². The molecule has 0 aromatic heterocycles. The Morgan fingerprint density at radius 3 is 2.44 bits per heavy atom. The number of esters is 1. The molecule has 0 spiro atoms. The predicted molar refractivity (Wildman–Crippen MR) is 102 cm³/mol. The van der Waals surface area contributed by atoms with E-state index in [1.54, 1.807) is 6.92 Å². The molecule has 0 heterocycles. The van der Waals surface area contributed by atoms with E-state index in [1.807, 2.05) is 32.0 Å². The average molecular weight is 390 g/mol. The number of aryl methyl sites for hydroxylation is 3. The largest absolute Gasteiger partial charge is 0.452 e. The monoisotopic (exact) mass is 390 g/mol. The number of para-hydroxylation sites is 1. The first-order valence-electron chi connectivity index (χ1n) is 8.32. The van der Waals surface area contributed by atoms with Gasteiger partial charge < -0.3 is 10.1 Å². The Kier molecular flexibility index (Phi) is 6.35. The van der Waals surface area contributed by atoms with Crippen molar-refractivity contribution >= 4 is 27.6 Å². The predicted octanol–water partition coefficient (Wildman–Crippen LogP) is 2.31. The number of hydrogen-bond donors (Lipinski definition) is 2. The molecular weight excluding hydrogens is 368 g/mol. The number of nitrogens with two attached hydrogens (primary N) is 1. The molecule has 1 amide bonds. The number of carbonyl (C=O) groups is 2. The lowest BCUT2D eigenvalue weighted by atomic mass is 10.1. The van der Waals surface area contributed by atoms with Crippen molar-refractivity contribution in [3.05, 3.63) is 58.7 Å². The van der Waals surface area contributed by atoms with Crippen LogP contribution in [0.1, 0.15) is 34.0 Å². The first-order valence-corrected chi connectivity index (χ1v) is 9.87. The van der Waals surface area contributed by atoms with Gasteiger partial charge in [-0.2, -0.15) is 0 Å². The van der Waals surface area contributed by atoms with E-state index < -0.39 is 28.5 Å². The summed E-state index contributed by atoms with van der Waals surface area (Å²) in [6.45, 7) is 4.99. The fraction of sp³-hybridized carbons (Fsp3) is 0.263. The molecular formula is C19H22N2O5S. The van der Waals surface area contributed by atoms with Crippen LogP contribution in [-0.4, -0.2) is 26.9 Å². The molecule has 3 N–H and O–H groups in total. The highest BCUT2D eigenvalue weighted by atomic mass is 32.2. The highest BCUT2D eigenvalue weighted by Crippen LogP contribution is 2.21. The summed E-state index contributed by atoms with van der Waals surface area (Å²) in [6, 6.07) is 9.60. The summed E-state index contributed by atoms with van der Waals surface area (Å²) >= 11 is 0. The van der Waals surface area contributed by atoms with Gasteiger partial charge in [0, 0.05) is 5.69 Å². The van der Waals surface area contributed by atoms with Crippen molar-refractivity contribution in [3.8, 4) is 0 Å². The second kappa shape index (κ2) is 8.32. The van der Waals surface area contributed by atoms with Crippen molar-refractivity contribution in [2.24, 2.45) is 5.14 Å². The third-order valence-corrected chi connectivity index (χ3v) is 5.01. The Morgan fingerprint density at radius 2 is 1.81 bits per heavy atom. The van der Waals surface area contributed by atoms with Crippen LogP contribution in [0.4, 0.5) is 5.69 Å². The van der Waals surface area contributed by atoms with Crippen LogP contribution in [0.25, 0.3) is 0 Å². The molecule has 0 atom stereocenters. The molecule has 0 bridgehead atoms. The minimum Gasteiger partial charge on any atom is -0.452 e. The summed E-state index contributed by atoms with van der Waals surface area (Å²) in [5.74, 6) is -1.28. The highest BCUT2D eigenvalue weighted by molar-refractivity contribution is 7.89. The van der Waals surface area contributed by atoms with Crippen molar-refractivity contribution in [2.45, 2.75) is 32.1 Å². The normalized spacial score (nSPS) is 11.1. The van der Waals surface area contributed by atoms with Gasteiger partial charge in [0.05, 0.1) is 10.5 Å². The Balaban J connectivity index is 2.09. The minimum atomic E-state index is -3.95. The van der Waals surface area contributed by atoms with Gasteiger partial charge in [0.1, 0.15) is 0 Å². The summed E-state index contributed by atoms with van der Waals surface area (Å²) < 4.78 is 27.9. The second-order valence-corrected chi connectivity index (χ2v) is 7.67. The van der Waals surface area contributed by atoms with Crippen LogP contribution < -0.4 is 10.5 Å². The first kappa shape index (κ1) is 20.6. The summed E-state index contributed by atoms with van der Waals surface area (Å²) in [5, 5.41) is 7.84. The number of hydrogen-bond acceptors (Lipinski definition) is 5. The SMILES string of the molecule is CCc1cccc(C)c1NC(=O)COC(=O)c1cc(S(N)(=O)=O)ccc1C. The van der Waals surface area contributed by atoms with Gasteiger partial charge in [0.15, 0.2) is 6.61 Å². The molecule has 0 aliphatic rings. The summed E-state index contributed by atoms with van der Waals surface area (Å²) in [5.41, 5.74) is 3.14. The van der Waals surface area contributed by atoms with Gasteiger partial charge in [-0.25, -0.2) is 18.4 Å². The zero-order valence-corrected chi connectivity index (χ0v) is 16.2. The number of amides is 1. The van der Waals surface area contributed by atoms with Crippen LogP contribution in [-0.2, 0) is 26.0 Å². The molecule has 7 nitrogen and oxygen atoms in total. The number of nitrogens with one attached hydrogen (secondary N) is 1. The van der Waals surface area contributed by atoms with Crippen LogP contribution >= 0.6 is 0 Å². The van der Waals surface area contributed by atoms with E-state index in [9.17, 15) is 18.0 Å². The topological polar surface area (TPSA) is 116 Å². The van der Waals surface area contributed by atoms with Crippen molar-refractivity contribution < 1.29 is 22.7 Å². The van der Waals surface area contributed by atoms with Gasteiger partial charge in [0.25, 0.3) is 5.91 Å². The Hall–Kier alpha value is -2.71. The minimum absolute atomic E-state index is 0.0412. The lowest BCUT2D eigenvalue weighted by Crippen LogP contribution is -2.22. The maximum atomic E-state index is 12.3. The van der Waals surface area contributed by atoms with Crippen molar-refractivity contribution in [2.75, 3.05) is 11.9 Å². The quantitative estimate of drug-likeness (QED) is 0.734. The van der Waals surface area contributed by atoms with Crippen LogP contribution in [0.3, 0.4) is 0 Å². The molecule has 0 aliphatic heterocycles. The van der Waals surface area contributed by atoms with Gasteiger partial charge in [-0.05, 0) is 49.1 Å². The van der Waals surface area contributed by atoms with Gasteiger partial charge >= 0.3 is 5.97 Å². The number of carbonyl (C=O) groups excluding carboxylic acids is 2. The Morgan fingerprint density at radius 1 is 1.11 bits per heavy atom. The van der Waals surface area contributed by atoms with E-state index in [-0.39, 0.29) is 10.5 Å². The fourth-order valence-electron chi connectivity index (χ4n) is 2.58. The third kappa shape index (κ3) is 5.15. The molecule has 2 aromatic carbocycles. The van der Waals surface area contributed by atoms with E-state index >= 15 is 0 Å². The van der Waals surface area contributed by atoms with Gasteiger partial charge in [-0.1, -0.05) is 31.2 Å². The number of primary sulfonamides is 1. The molecule has 27 heavy (non-hydrogen) atoms. The van der Waals surface area contributed by atoms with E-state index in [0.29, 0.717) is 11.3 Å². The van der Waals surface area contributed by atoms with Gasteiger partial charge in [-0.3, -0.25) is 4.79 Å². The van der Waals surface area contributed by atoms with E-state index in [4.69, 9.17) is 9.88 Å². The number of anilines is 1. The lowest BCUT2D eigenvalue weighted by molar-refractivity contribution is -0.119. The molecule has 0 unspecified atom stereocenters. The Labute approximate surface area is 158 Å². The van der Waals surface area contributed by atoms with Gasteiger partial charge in [-0.15, -0.1) is 0 Å². The molecule has 0 radical (unpaired) electrons. The maximum absolute atomic E-state index is 12.3. The molecule has 0 saturated heterocycles. The van der Waals surface area contributed by atoms with Crippen molar-refractivity contribution in [1.29, 1.82) is 0 Å².